The molecule has 0 aromatic heterocycles. The van der Waals surface area contributed by atoms with E-state index in [-0.39, 0.29) is 5.97 Å². The second-order valence-electron chi connectivity index (χ2n) is 4.10. The molecule has 0 spiro atoms. The number of carbonyl (C=O) groups is 1. The second kappa shape index (κ2) is 8.37. The lowest BCUT2D eigenvalue weighted by molar-refractivity contribution is -0.156. The van der Waals surface area contributed by atoms with E-state index < -0.39 is 14.3 Å². The van der Waals surface area contributed by atoms with Crippen LogP contribution in [0.4, 0.5) is 0 Å². The Labute approximate surface area is 105 Å². The van der Waals surface area contributed by atoms with E-state index in [1.807, 2.05) is 13.8 Å². The zero-order chi connectivity index (χ0) is 13.3. The molecule has 1 atom stereocenters. The molecule has 0 saturated carbocycles. The highest BCUT2D eigenvalue weighted by Crippen LogP contribution is 2.27. The first kappa shape index (κ1) is 16.3. The Balaban J connectivity index is 4.38. The fourth-order valence-electron chi connectivity index (χ4n) is 1.59. The van der Waals surface area contributed by atoms with Crippen LogP contribution in [-0.4, -0.2) is 18.2 Å². The van der Waals surface area contributed by atoms with E-state index in [4.69, 9.17) is 9.26 Å². The van der Waals surface area contributed by atoms with E-state index in [9.17, 15) is 9.36 Å². The summed E-state index contributed by atoms with van der Waals surface area (Å²) in [6, 6.07) is 0. The zero-order valence-electron chi connectivity index (χ0n) is 10.9. The van der Waals surface area contributed by atoms with Gasteiger partial charge in [0.05, 0.1) is 0 Å². The first-order valence-corrected chi connectivity index (χ1v) is 6.70. The lowest BCUT2D eigenvalue weighted by Gasteiger charge is -2.31. The van der Waals surface area contributed by atoms with Crippen molar-refractivity contribution in [2.75, 3.05) is 6.61 Å². The number of rotatable bonds is 9. The molecule has 17 heavy (non-hydrogen) atoms. The molecule has 0 N–H and O–H groups in total. The van der Waals surface area contributed by atoms with Crippen molar-refractivity contribution in [3.8, 4) is 0 Å². The van der Waals surface area contributed by atoms with Gasteiger partial charge in [-0.1, -0.05) is 20.4 Å². The van der Waals surface area contributed by atoms with Crippen LogP contribution >= 0.6 is 8.69 Å². The van der Waals surface area contributed by atoms with Crippen LogP contribution < -0.4 is 0 Å². The normalized spacial score (nSPS) is 11.5. The number of esters is 1. The lowest BCUT2D eigenvalue weighted by Crippen LogP contribution is -2.34. The summed E-state index contributed by atoms with van der Waals surface area (Å²) in [7, 11) is -0.728. The zero-order valence-corrected chi connectivity index (χ0v) is 11.9. The number of carbonyl (C=O) groups excluding carboxylic acids is 1. The average Bonchev–Trinajstić information content (AvgIpc) is 2.33. The molecule has 0 saturated heterocycles. The fourth-order valence-corrected chi connectivity index (χ4v) is 1.82. The molecular formula is C12H22O4P+. The standard InChI is InChI=1S/C12H22O4P/c1-5-12(6-2,8-7-9-15-17-14)16-11(13)10(3)4/h17H,3,5-9H2,1-2,4H3/q+1. The van der Waals surface area contributed by atoms with Crippen LogP contribution in [0.3, 0.4) is 0 Å². The lowest BCUT2D eigenvalue weighted by atomic mass is 9.91. The summed E-state index contributed by atoms with van der Waals surface area (Å²) >= 11 is 0. The van der Waals surface area contributed by atoms with Gasteiger partial charge in [0.2, 0.25) is 0 Å². The molecule has 0 aromatic carbocycles. The summed E-state index contributed by atoms with van der Waals surface area (Å²) in [6.07, 6.45) is 2.94. The van der Waals surface area contributed by atoms with E-state index in [0.717, 1.165) is 19.3 Å². The van der Waals surface area contributed by atoms with Crippen LogP contribution in [0.2, 0.25) is 0 Å². The second-order valence-corrected chi connectivity index (χ2v) is 4.55. The smallest absolute Gasteiger partial charge is 0.456 e. The third-order valence-electron chi connectivity index (χ3n) is 2.88. The van der Waals surface area contributed by atoms with Crippen molar-refractivity contribution in [2.24, 2.45) is 0 Å². The SMILES string of the molecule is C=C(C)C(=O)OC(CC)(CC)CCCO[PH+]=O. The van der Waals surface area contributed by atoms with Crippen molar-refractivity contribution >= 4 is 14.7 Å². The van der Waals surface area contributed by atoms with Gasteiger partial charge in [0.15, 0.2) is 0 Å². The van der Waals surface area contributed by atoms with E-state index in [1.54, 1.807) is 6.92 Å². The maximum atomic E-state index is 11.6. The quantitative estimate of drug-likeness (QED) is 0.276. The first-order valence-electron chi connectivity index (χ1n) is 5.89. The highest BCUT2D eigenvalue weighted by atomic mass is 31.1. The van der Waals surface area contributed by atoms with Gasteiger partial charge < -0.3 is 4.74 Å². The van der Waals surface area contributed by atoms with E-state index >= 15 is 0 Å². The molecule has 98 valence electrons. The molecule has 0 rings (SSSR count). The minimum Gasteiger partial charge on any atom is -0.456 e. The Morgan fingerprint density at radius 3 is 2.35 bits per heavy atom. The Hall–Kier alpha value is -0.730. The minimum absolute atomic E-state index is 0.347. The molecule has 0 heterocycles. The maximum Gasteiger partial charge on any atom is 0.494 e. The molecule has 0 bridgehead atoms. The molecule has 0 aliphatic carbocycles. The van der Waals surface area contributed by atoms with Crippen molar-refractivity contribution in [3.63, 3.8) is 0 Å². The van der Waals surface area contributed by atoms with Crippen molar-refractivity contribution in [1.82, 2.24) is 0 Å². The van der Waals surface area contributed by atoms with Gasteiger partial charge in [0.25, 0.3) is 0 Å². The number of hydrogen-bond acceptors (Lipinski definition) is 4. The van der Waals surface area contributed by atoms with Gasteiger partial charge in [-0.3, -0.25) is 0 Å². The summed E-state index contributed by atoms with van der Waals surface area (Å²) < 4.78 is 20.5. The Kier molecular flexibility index (Phi) is 8.01. The summed E-state index contributed by atoms with van der Waals surface area (Å²) in [4.78, 5) is 11.6. The van der Waals surface area contributed by atoms with E-state index in [0.29, 0.717) is 18.6 Å². The molecule has 0 fully saturated rings. The predicted molar refractivity (Wildman–Crippen MR) is 68.4 cm³/mol. The monoisotopic (exact) mass is 261 g/mol. The molecule has 1 unspecified atom stereocenters. The Bertz CT molecular complexity index is 272. The Morgan fingerprint density at radius 2 is 1.94 bits per heavy atom. The summed E-state index contributed by atoms with van der Waals surface area (Å²) in [5.74, 6) is -0.347. The van der Waals surface area contributed by atoms with Crippen LogP contribution in [0.15, 0.2) is 12.2 Å². The molecule has 0 aliphatic heterocycles. The van der Waals surface area contributed by atoms with E-state index in [1.165, 1.54) is 0 Å². The van der Waals surface area contributed by atoms with Crippen LogP contribution in [0.1, 0.15) is 46.5 Å². The number of ether oxygens (including phenoxy) is 1. The van der Waals surface area contributed by atoms with Gasteiger partial charge in [-0.15, -0.1) is 4.52 Å². The molecule has 4 nitrogen and oxygen atoms in total. The molecule has 0 aromatic rings. The van der Waals surface area contributed by atoms with Crippen LogP contribution in [0.5, 0.6) is 0 Å². The highest BCUT2D eigenvalue weighted by molar-refractivity contribution is 7.17. The number of hydrogen-bond donors (Lipinski definition) is 0. The maximum absolute atomic E-state index is 11.6. The van der Waals surface area contributed by atoms with Crippen LogP contribution in [-0.2, 0) is 18.6 Å². The largest absolute Gasteiger partial charge is 0.494 e. The molecule has 0 radical (unpaired) electrons. The molecule has 0 aliphatic rings. The van der Waals surface area contributed by atoms with E-state index in [2.05, 4.69) is 6.58 Å². The first-order chi connectivity index (χ1) is 8.01. The van der Waals surface area contributed by atoms with Gasteiger partial charge in [0.1, 0.15) is 12.2 Å². The molecule has 5 heteroatoms. The highest BCUT2D eigenvalue weighted by Gasteiger charge is 2.30. The predicted octanol–water partition coefficient (Wildman–Crippen LogP) is 3.40. The van der Waals surface area contributed by atoms with Gasteiger partial charge in [-0.05, 0) is 37.2 Å². The van der Waals surface area contributed by atoms with Crippen molar-refractivity contribution < 1.29 is 18.6 Å². The minimum atomic E-state index is -0.728. The summed E-state index contributed by atoms with van der Waals surface area (Å²) in [5, 5.41) is 0. The van der Waals surface area contributed by atoms with Crippen molar-refractivity contribution in [2.45, 2.75) is 52.1 Å². The summed E-state index contributed by atoms with van der Waals surface area (Å²) in [5.41, 5.74) is -0.0423. The van der Waals surface area contributed by atoms with Crippen LogP contribution in [0, 0.1) is 0 Å². The summed E-state index contributed by atoms with van der Waals surface area (Å²) in [6.45, 7) is 9.62. The third kappa shape index (κ3) is 5.94. The topological polar surface area (TPSA) is 52.6 Å². The van der Waals surface area contributed by atoms with Crippen molar-refractivity contribution in [1.29, 1.82) is 0 Å². The van der Waals surface area contributed by atoms with Gasteiger partial charge in [-0.2, -0.15) is 0 Å². The van der Waals surface area contributed by atoms with Gasteiger partial charge in [-0.25, -0.2) is 4.79 Å². The fraction of sp³-hybridized carbons (Fsp3) is 0.750. The molecule has 0 amide bonds. The van der Waals surface area contributed by atoms with Crippen molar-refractivity contribution in [3.05, 3.63) is 12.2 Å². The Morgan fingerprint density at radius 1 is 1.35 bits per heavy atom. The third-order valence-corrected chi connectivity index (χ3v) is 3.21. The van der Waals surface area contributed by atoms with Gasteiger partial charge in [0, 0.05) is 5.57 Å². The van der Waals surface area contributed by atoms with Gasteiger partial charge >= 0.3 is 14.7 Å². The van der Waals surface area contributed by atoms with Crippen LogP contribution in [0.25, 0.3) is 0 Å². The molecular weight excluding hydrogens is 239 g/mol. The average molecular weight is 261 g/mol.